The van der Waals surface area contributed by atoms with Crippen LogP contribution in [-0.4, -0.2) is 96.6 Å². The average molecular weight is 768 g/mol. The quantitative estimate of drug-likeness (QED) is 0.0500. The lowest BCUT2D eigenvalue weighted by Crippen LogP contribution is -2.26. The van der Waals surface area contributed by atoms with Crippen molar-refractivity contribution in [3.8, 4) is 34.5 Å². The highest BCUT2D eigenvalue weighted by Crippen LogP contribution is 2.26. The van der Waals surface area contributed by atoms with E-state index in [-0.39, 0.29) is 30.6 Å². The van der Waals surface area contributed by atoms with Crippen molar-refractivity contribution in [3.63, 3.8) is 0 Å². The Morgan fingerprint density at radius 3 is 0.909 bits per heavy atom. The number of primary amides is 1. The molecule has 3 aromatic rings. The summed E-state index contributed by atoms with van der Waals surface area (Å²) in [6, 6.07) is 14.8. The molecule has 0 radical (unpaired) electrons. The highest BCUT2D eigenvalue weighted by Gasteiger charge is 2.13. The maximum atomic E-state index is 13.0. The molecule has 3 amide bonds. The molecule has 0 aromatic heterocycles. The van der Waals surface area contributed by atoms with E-state index >= 15 is 0 Å². The van der Waals surface area contributed by atoms with Gasteiger partial charge in [-0.05, 0) is 101 Å². The largest absolute Gasteiger partial charge is 0.493 e. The minimum atomic E-state index is -0.643. The minimum absolute atomic E-state index is 0.213. The maximum Gasteiger partial charge on any atom is 0.251 e. The van der Waals surface area contributed by atoms with Crippen LogP contribution in [-0.2, 0) is 0 Å². The van der Waals surface area contributed by atoms with Gasteiger partial charge in [0.2, 0.25) is 5.91 Å². The molecule has 0 unspecified atom stereocenters. The number of hydrogen-bond acceptors (Lipinski definition) is 13. The Kier molecular flexibility index (Phi) is 20.6. The van der Waals surface area contributed by atoms with Crippen molar-refractivity contribution >= 4 is 17.7 Å². The number of ether oxygens (including phenoxy) is 6. The molecule has 12 N–H and O–H groups in total. The number of carbonyl (C=O) groups excluding carboxylic acids is 3. The Balaban J connectivity index is 1.48. The second kappa shape index (κ2) is 25.7. The van der Waals surface area contributed by atoms with Crippen LogP contribution < -0.4 is 67.7 Å². The summed E-state index contributed by atoms with van der Waals surface area (Å²) in [7, 11) is 0. The predicted octanol–water partition coefficient (Wildman–Crippen LogP) is 2.09. The van der Waals surface area contributed by atoms with E-state index in [0.29, 0.717) is 150 Å². The van der Waals surface area contributed by atoms with Gasteiger partial charge < -0.3 is 67.7 Å². The van der Waals surface area contributed by atoms with Crippen LogP contribution in [0.5, 0.6) is 34.5 Å². The van der Waals surface area contributed by atoms with Gasteiger partial charge in [-0.2, -0.15) is 0 Å². The summed E-state index contributed by atoms with van der Waals surface area (Å²) in [5, 5.41) is 5.76. The summed E-state index contributed by atoms with van der Waals surface area (Å²) in [6.07, 6.45) is 3.64. The van der Waals surface area contributed by atoms with Crippen LogP contribution in [0.4, 0.5) is 0 Å². The van der Waals surface area contributed by atoms with Gasteiger partial charge in [0, 0.05) is 48.0 Å². The van der Waals surface area contributed by atoms with Crippen molar-refractivity contribution < 1.29 is 42.8 Å². The average Bonchev–Trinajstić information content (AvgIpc) is 3.17. The van der Waals surface area contributed by atoms with Crippen LogP contribution in [0.25, 0.3) is 0 Å². The van der Waals surface area contributed by atoms with Gasteiger partial charge in [-0.25, -0.2) is 0 Å². The molecular formula is C39H57N7O9. The second-order valence-electron chi connectivity index (χ2n) is 12.3. The molecule has 302 valence electrons. The molecule has 3 rings (SSSR count). The Hall–Kier alpha value is -5.29. The predicted molar refractivity (Wildman–Crippen MR) is 209 cm³/mol. The highest BCUT2D eigenvalue weighted by molar-refractivity contribution is 5.95. The summed E-state index contributed by atoms with van der Waals surface area (Å²) >= 11 is 0. The first-order valence-corrected chi connectivity index (χ1v) is 18.6. The monoisotopic (exact) mass is 767 g/mol. The van der Waals surface area contributed by atoms with Crippen molar-refractivity contribution in [3.05, 3.63) is 71.3 Å². The molecule has 0 aliphatic carbocycles. The molecule has 0 bridgehead atoms. The van der Waals surface area contributed by atoms with Crippen molar-refractivity contribution in [2.45, 2.75) is 38.5 Å². The summed E-state index contributed by atoms with van der Waals surface area (Å²) in [5.41, 5.74) is 28.8. The zero-order chi connectivity index (χ0) is 39.7. The third-order valence-corrected chi connectivity index (χ3v) is 7.67. The number of rotatable bonds is 29. The summed E-state index contributed by atoms with van der Waals surface area (Å²) in [5.74, 6) is 1.56. The van der Waals surface area contributed by atoms with Gasteiger partial charge >= 0.3 is 0 Å². The zero-order valence-corrected chi connectivity index (χ0v) is 31.5. The molecule has 0 heterocycles. The molecule has 16 heteroatoms. The maximum absolute atomic E-state index is 13.0. The normalized spacial score (nSPS) is 10.7. The van der Waals surface area contributed by atoms with E-state index < -0.39 is 5.91 Å². The molecule has 55 heavy (non-hydrogen) atoms. The fourth-order valence-electron chi connectivity index (χ4n) is 4.85. The number of hydrogen-bond donors (Lipinski definition) is 7. The fourth-order valence-corrected chi connectivity index (χ4v) is 4.85. The minimum Gasteiger partial charge on any atom is -0.493 e. The summed E-state index contributed by atoms with van der Waals surface area (Å²) < 4.78 is 34.7. The molecule has 0 atom stereocenters. The first-order chi connectivity index (χ1) is 26.8. The molecule has 0 spiro atoms. The molecule has 0 aliphatic rings. The van der Waals surface area contributed by atoms with Crippen molar-refractivity contribution in [2.75, 3.05) is 78.9 Å². The molecule has 0 fully saturated rings. The van der Waals surface area contributed by atoms with Crippen LogP contribution in [0.3, 0.4) is 0 Å². The van der Waals surface area contributed by atoms with Gasteiger partial charge in [-0.15, -0.1) is 0 Å². The first-order valence-electron chi connectivity index (χ1n) is 18.6. The van der Waals surface area contributed by atoms with Crippen molar-refractivity contribution in [2.24, 2.45) is 28.7 Å². The molecule has 16 nitrogen and oxygen atoms in total. The Bertz CT molecular complexity index is 1460. The molecular weight excluding hydrogens is 710 g/mol. The first kappa shape index (κ1) is 44.1. The van der Waals surface area contributed by atoms with Gasteiger partial charge in [0.1, 0.15) is 34.5 Å². The van der Waals surface area contributed by atoms with E-state index in [1.807, 2.05) is 0 Å². The lowest BCUT2D eigenvalue weighted by molar-refractivity contribution is 0.0942. The Morgan fingerprint density at radius 1 is 0.400 bits per heavy atom. The van der Waals surface area contributed by atoms with Gasteiger partial charge in [0.15, 0.2) is 0 Å². The van der Waals surface area contributed by atoms with Crippen molar-refractivity contribution in [1.82, 2.24) is 10.6 Å². The standard InChI is InChI=1S/C39H57N7O9/c40-7-1-13-50-33-21-29(22-34(26-33)51-14-2-8-41)38(48)45-11-5-17-54-31-19-28(37(44)47)20-32(25-31)55-18-6-12-46-39(49)30-23-35(52-15-3-9-42)27-36(24-30)53-16-4-10-43/h19-27H,1-18,40-43H2,(H2,44,47)(H,45,48)(H,46,49). The van der Waals surface area contributed by atoms with E-state index in [2.05, 4.69) is 10.6 Å². The van der Waals surface area contributed by atoms with Gasteiger partial charge in [-0.3, -0.25) is 14.4 Å². The third-order valence-electron chi connectivity index (χ3n) is 7.67. The van der Waals surface area contributed by atoms with Gasteiger partial charge in [0.05, 0.1) is 39.6 Å². The van der Waals surface area contributed by atoms with Crippen LogP contribution in [0, 0.1) is 0 Å². The smallest absolute Gasteiger partial charge is 0.251 e. The van der Waals surface area contributed by atoms with Crippen LogP contribution in [0.1, 0.15) is 69.6 Å². The number of benzene rings is 3. The summed E-state index contributed by atoms with van der Waals surface area (Å²) in [6.45, 7) is 4.74. The van der Waals surface area contributed by atoms with E-state index in [9.17, 15) is 14.4 Å². The summed E-state index contributed by atoms with van der Waals surface area (Å²) in [4.78, 5) is 38.0. The van der Waals surface area contributed by atoms with Gasteiger partial charge in [-0.1, -0.05) is 0 Å². The zero-order valence-electron chi connectivity index (χ0n) is 31.5. The van der Waals surface area contributed by atoms with Crippen LogP contribution in [0.2, 0.25) is 0 Å². The lowest BCUT2D eigenvalue weighted by Gasteiger charge is -2.14. The van der Waals surface area contributed by atoms with E-state index in [4.69, 9.17) is 57.1 Å². The number of nitrogens with two attached hydrogens (primary N) is 5. The topological polar surface area (TPSA) is 261 Å². The Labute approximate surface area is 322 Å². The molecule has 0 saturated carbocycles. The number of amides is 3. The second-order valence-corrected chi connectivity index (χ2v) is 12.3. The van der Waals surface area contributed by atoms with E-state index in [1.165, 1.54) is 12.1 Å². The number of nitrogens with one attached hydrogen (secondary N) is 2. The van der Waals surface area contributed by atoms with E-state index in [1.54, 1.807) is 42.5 Å². The Morgan fingerprint density at radius 2 is 0.655 bits per heavy atom. The van der Waals surface area contributed by atoms with Crippen LogP contribution >= 0.6 is 0 Å². The molecule has 0 saturated heterocycles. The lowest BCUT2D eigenvalue weighted by atomic mass is 10.2. The SMILES string of the molecule is NCCCOc1cc(OCCCN)cc(C(=O)NCCCOc2cc(OCCCNC(=O)c3cc(OCCCN)cc(OCCCN)c3)cc(C(N)=O)c2)c1. The van der Waals surface area contributed by atoms with Crippen LogP contribution in [0.15, 0.2) is 54.6 Å². The molecule has 0 aliphatic heterocycles. The van der Waals surface area contributed by atoms with E-state index in [0.717, 1.165) is 0 Å². The third kappa shape index (κ3) is 17.2. The molecule has 3 aromatic carbocycles. The van der Waals surface area contributed by atoms with Gasteiger partial charge in [0.25, 0.3) is 11.8 Å². The highest BCUT2D eigenvalue weighted by atomic mass is 16.5. The van der Waals surface area contributed by atoms with Crippen molar-refractivity contribution in [1.29, 1.82) is 0 Å². The fraction of sp³-hybridized carbons (Fsp3) is 0.462. The number of carbonyl (C=O) groups is 3.